The van der Waals surface area contributed by atoms with Crippen LogP contribution >= 0.6 is 27.3 Å². The maximum Gasteiger partial charge on any atom is 0.0328 e. The Hall–Kier alpha value is 0.1000. The van der Waals surface area contributed by atoms with Crippen LogP contribution in [0.15, 0.2) is 15.9 Å². The van der Waals surface area contributed by atoms with E-state index in [0.717, 1.165) is 18.6 Å². The van der Waals surface area contributed by atoms with E-state index in [0.29, 0.717) is 0 Å². The second-order valence-electron chi connectivity index (χ2n) is 5.61. The summed E-state index contributed by atoms with van der Waals surface area (Å²) in [6.07, 6.45) is 6.59. The van der Waals surface area contributed by atoms with E-state index in [2.05, 4.69) is 51.6 Å². The van der Waals surface area contributed by atoms with Crippen LogP contribution < -0.4 is 5.32 Å². The molecule has 0 aliphatic heterocycles. The fraction of sp³-hybridized carbons (Fsp3) is 0.733. The third-order valence-electron chi connectivity index (χ3n) is 4.03. The second kappa shape index (κ2) is 7.77. The maximum absolute atomic E-state index is 3.66. The molecule has 1 fully saturated rings. The second-order valence-corrected chi connectivity index (χ2v) is 7.52. The van der Waals surface area contributed by atoms with Crippen LogP contribution in [0.4, 0.5) is 0 Å². The molecule has 0 bridgehead atoms. The third kappa shape index (κ3) is 4.85. The molecule has 2 rings (SSSR count). The summed E-state index contributed by atoms with van der Waals surface area (Å²) in [4.78, 5) is 3.99. The molecule has 0 radical (unpaired) electrons. The monoisotopic (exact) mass is 344 g/mol. The van der Waals surface area contributed by atoms with Gasteiger partial charge in [-0.05, 0) is 67.7 Å². The minimum atomic E-state index is 0.764. The van der Waals surface area contributed by atoms with Gasteiger partial charge in [-0.15, -0.1) is 11.3 Å². The van der Waals surface area contributed by atoms with Crippen LogP contribution in [0.1, 0.15) is 43.9 Å². The molecule has 1 aromatic rings. The van der Waals surface area contributed by atoms with Crippen molar-refractivity contribution in [2.45, 2.75) is 57.7 Å². The summed E-state index contributed by atoms with van der Waals surface area (Å²) >= 11 is 5.39. The molecule has 0 atom stereocenters. The van der Waals surface area contributed by atoms with Gasteiger partial charge in [0.05, 0.1) is 0 Å². The van der Waals surface area contributed by atoms with Crippen LogP contribution in [0.2, 0.25) is 0 Å². The average molecular weight is 345 g/mol. The number of nitrogens with one attached hydrogen (secondary N) is 1. The first-order valence-electron chi connectivity index (χ1n) is 7.35. The molecule has 1 heterocycles. The number of rotatable bonds is 6. The Morgan fingerprint density at radius 2 is 2.11 bits per heavy atom. The van der Waals surface area contributed by atoms with Crippen LogP contribution in [0.5, 0.6) is 0 Å². The number of halogens is 1. The van der Waals surface area contributed by atoms with E-state index < -0.39 is 0 Å². The van der Waals surface area contributed by atoms with Crippen molar-refractivity contribution in [3.05, 3.63) is 20.8 Å². The Bertz CT molecular complexity index is 372. The molecule has 19 heavy (non-hydrogen) atoms. The quantitative estimate of drug-likeness (QED) is 0.829. The number of thiophene rings is 1. The minimum Gasteiger partial charge on any atom is -0.314 e. The minimum absolute atomic E-state index is 0.764. The van der Waals surface area contributed by atoms with Crippen molar-refractivity contribution in [1.82, 2.24) is 10.2 Å². The first-order valence-corrected chi connectivity index (χ1v) is 9.03. The summed E-state index contributed by atoms with van der Waals surface area (Å²) in [6.45, 7) is 4.51. The van der Waals surface area contributed by atoms with Crippen LogP contribution in [-0.4, -0.2) is 30.6 Å². The van der Waals surface area contributed by atoms with E-state index in [4.69, 9.17) is 0 Å². The Morgan fingerprint density at radius 3 is 2.68 bits per heavy atom. The van der Waals surface area contributed by atoms with Gasteiger partial charge in [0.25, 0.3) is 0 Å². The molecular weight excluding hydrogens is 320 g/mol. The Labute approximate surface area is 129 Å². The number of hydrogen-bond donors (Lipinski definition) is 1. The lowest BCUT2D eigenvalue weighted by molar-refractivity contribution is 0.169. The van der Waals surface area contributed by atoms with Crippen molar-refractivity contribution in [1.29, 1.82) is 0 Å². The summed E-state index contributed by atoms with van der Waals surface area (Å²) < 4.78 is 1.22. The van der Waals surface area contributed by atoms with Gasteiger partial charge in [-0.1, -0.05) is 6.92 Å². The predicted octanol–water partition coefficient (Wildman–Crippen LogP) is 4.25. The normalized spacial score (nSPS) is 24.0. The first-order chi connectivity index (χ1) is 9.19. The molecule has 0 aromatic carbocycles. The van der Waals surface area contributed by atoms with Crippen LogP contribution in [-0.2, 0) is 6.54 Å². The van der Waals surface area contributed by atoms with Crippen molar-refractivity contribution in [3.8, 4) is 0 Å². The summed E-state index contributed by atoms with van der Waals surface area (Å²) in [5.41, 5.74) is 0. The van der Waals surface area contributed by atoms with Crippen LogP contribution in [0, 0.1) is 0 Å². The molecule has 2 nitrogen and oxygen atoms in total. The van der Waals surface area contributed by atoms with E-state index in [1.165, 1.54) is 48.0 Å². The van der Waals surface area contributed by atoms with Crippen molar-refractivity contribution in [2.24, 2.45) is 0 Å². The van der Waals surface area contributed by atoms with Crippen molar-refractivity contribution in [3.63, 3.8) is 0 Å². The van der Waals surface area contributed by atoms with Gasteiger partial charge < -0.3 is 5.32 Å². The topological polar surface area (TPSA) is 15.3 Å². The molecule has 0 saturated heterocycles. The zero-order valence-corrected chi connectivity index (χ0v) is 14.4. The molecule has 1 aliphatic rings. The summed E-state index contributed by atoms with van der Waals surface area (Å²) in [5.74, 6) is 0. The molecule has 0 unspecified atom stereocenters. The van der Waals surface area contributed by atoms with E-state index in [-0.39, 0.29) is 0 Å². The molecule has 0 spiro atoms. The Balaban J connectivity index is 1.74. The van der Waals surface area contributed by atoms with Crippen molar-refractivity contribution < 1.29 is 0 Å². The summed E-state index contributed by atoms with van der Waals surface area (Å²) in [7, 11) is 2.28. The van der Waals surface area contributed by atoms with Crippen LogP contribution in [0.3, 0.4) is 0 Å². The van der Waals surface area contributed by atoms with Gasteiger partial charge in [-0.3, -0.25) is 4.90 Å². The first kappa shape index (κ1) is 15.5. The van der Waals surface area contributed by atoms with Gasteiger partial charge in [0.1, 0.15) is 0 Å². The van der Waals surface area contributed by atoms with Crippen molar-refractivity contribution in [2.75, 3.05) is 13.6 Å². The molecule has 1 saturated carbocycles. The lowest BCUT2D eigenvalue weighted by Crippen LogP contribution is -2.40. The predicted molar refractivity (Wildman–Crippen MR) is 87.8 cm³/mol. The lowest BCUT2D eigenvalue weighted by Gasteiger charge is -2.34. The molecule has 1 N–H and O–H groups in total. The highest BCUT2D eigenvalue weighted by Crippen LogP contribution is 2.26. The maximum atomic E-state index is 3.66. The smallest absolute Gasteiger partial charge is 0.0328 e. The largest absolute Gasteiger partial charge is 0.314 e. The van der Waals surface area contributed by atoms with E-state index in [1.54, 1.807) is 0 Å². The number of nitrogens with zero attached hydrogens (tertiary/aromatic N) is 1. The van der Waals surface area contributed by atoms with Gasteiger partial charge in [0.2, 0.25) is 0 Å². The van der Waals surface area contributed by atoms with E-state index in [9.17, 15) is 0 Å². The zero-order valence-electron chi connectivity index (χ0n) is 12.0. The van der Waals surface area contributed by atoms with E-state index in [1.807, 2.05) is 11.3 Å². The highest BCUT2D eigenvalue weighted by molar-refractivity contribution is 9.10. The fourth-order valence-electron chi connectivity index (χ4n) is 2.88. The Morgan fingerprint density at radius 1 is 1.37 bits per heavy atom. The summed E-state index contributed by atoms with van der Waals surface area (Å²) in [5, 5.41) is 5.84. The molecule has 0 amide bonds. The lowest BCUT2D eigenvalue weighted by atomic mass is 9.90. The van der Waals surface area contributed by atoms with Gasteiger partial charge in [0.15, 0.2) is 0 Å². The van der Waals surface area contributed by atoms with Gasteiger partial charge in [-0.2, -0.15) is 0 Å². The standard InChI is InChI=1S/C15H25BrN2S/c1-3-8-17-13-4-6-14(7-5-13)18(2)10-15-9-12(16)11-19-15/h9,11,13-14,17H,3-8,10H2,1-2H3. The fourth-order valence-corrected chi connectivity index (χ4v) is 4.39. The molecule has 1 aliphatic carbocycles. The third-order valence-corrected chi connectivity index (χ3v) is 5.71. The average Bonchev–Trinajstić information content (AvgIpc) is 2.82. The Kier molecular flexibility index (Phi) is 6.33. The highest BCUT2D eigenvalue weighted by Gasteiger charge is 2.23. The summed E-state index contributed by atoms with van der Waals surface area (Å²) in [6, 6.07) is 3.77. The SMILES string of the molecule is CCCNC1CCC(N(C)Cc2cc(Br)cs2)CC1. The molecule has 1 aromatic heterocycles. The van der Waals surface area contributed by atoms with E-state index >= 15 is 0 Å². The van der Waals surface area contributed by atoms with Crippen LogP contribution in [0.25, 0.3) is 0 Å². The molecular formula is C15H25BrN2S. The van der Waals surface area contributed by atoms with Gasteiger partial charge in [-0.25, -0.2) is 0 Å². The number of hydrogen-bond acceptors (Lipinski definition) is 3. The van der Waals surface area contributed by atoms with Crippen molar-refractivity contribution >= 4 is 27.3 Å². The molecule has 4 heteroatoms. The van der Waals surface area contributed by atoms with Gasteiger partial charge in [0, 0.05) is 33.4 Å². The highest BCUT2D eigenvalue weighted by atomic mass is 79.9. The zero-order chi connectivity index (χ0) is 13.7. The van der Waals surface area contributed by atoms with Gasteiger partial charge >= 0.3 is 0 Å². The molecule has 108 valence electrons.